The van der Waals surface area contributed by atoms with E-state index in [-0.39, 0.29) is 17.5 Å². The number of anilines is 1. The minimum Gasteiger partial charge on any atom is -0.439 e. The van der Waals surface area contributed by atoms with Crippen LogP contribution in [0.3, 0.4) is 0 Å². The second-order valence-electron chi connectivity index (χ2n) is 6.14. The van der Waals surface area contributed by atoms with Gasteiger partial charge in [0.25, 0.3) is 0 Å². The van der Waals surface area contributed by atoms with Crippen LogP contribution in [0.25, 0.3) is 0 Å². The maximum atomic E-state index is 12.4. The van der Waals surface area contributed by atoms with E-state index in [9.17, 15) is 9.59 Å². The van der Waals surface area contributed by atoms with Gasteiger partial charge in [-0.3, -0.25) is 4.79 Å². The summed E-state index contributed by atoms with van der Waals surface area (Å²) in [5, 5.41) is 9.52. The van der Waals surface area contributed by atoms with E-state index in [0.29, 0.717) is 5.13 Å². The highest BCUT2D eigenvalue weighted by Gasteiger charge is 2.46. The number of ether oxygens (including phenoxy) is 1. The van der Waals surface area contributed by atoms with Crippen molar-refractivity contribution >= 4 is 28.5 Å². The number of carbonyl (C=O) groups is 2. The third-order valence-corrected chi connectivity index (χ3v) is 4.68. The molecule has 1 aromatic heterocycles. The molecular formula is C13H20N4O3S. The van der Waals surface area contributed by atoms with Gasteiger partial charge in [0.15, 0.2) is 0 Å². The number of carbonyl (C=O) groups excluding carboxylic acids is 2. The zero-order valence-corrected chi connectivity index (χ0v) is 13.9. The monoisotopic (exact) mass is 312 g/mol. The average molecular weight is 312 g/mol. The Labute approximate surface area is 127 Å². The summed E-state index contributed by atoms with van der Waals surface area (Å²) in [6.07, 6.45) is -0.680. The van der Waals surface area contributed by atoms with Gasteiger partial charge in [-0.15, -0.1) is 10.2 Å². The zero-order valence-electron chi connectivity index (χ0n) is 13.1. The van der Waals surface area contributed by atoms with Crippen LogP contribution in [0.5, 0.6) is 0 Å². The number of hydrogen-bond acceptors (Lipinski definition) is 6. The third kappa shape index (κ3) is 2.85. The first kappa shape index (κ1) is 15.7. The molecule has 1 aromatic rings. The fraction of sp³-hybridized carbons (Fsp3) is 0.692. The number of esters is 1. The molecule has 0 saturated carbocycles. The Morgan fingerprint density at radius 2 is 1.95 bits per heavy atom. The zero-order chi connectivity index (χ0) is 15.9. The van der Waals surface area contributed by atoms with E-state index in [0.717, 1.165) is 5.01 Å². The molecular weight excluding hydrogens is 292 g/mol. The van der Waals surface area contributed by atoms with Gasteiger partial charge in [0.05, 0.1) is 6.04 Å². The number of aromatic nitrogens is 2. The second-order valence-corrected chi connectivity index (χ2v) is 7.10. The normalized spacial score (nSPS) is 22.9. The summed E-state index contributed by atoms with van der Waals surface area (Å²) in [6, 6.07) is -0.492. The van der Waals surface area contributed by atoms with Crippen molar-refractivity contribution in [3.8, 4) is 0 Å². The minimum absolute atomic E-state index is 0.146. The van der Waals surface area contributed by atoms with Crippen LogP contribution >= 0.6 is 11.3 Å². The fourth-order valence-electron chi connectivity index (χ4n) is 1.99. The number of hydrogen-bond donors (Lipinski definition) is 0. The van der Waals surface area contributed by atoms with Gasteiger partial charge in [-0.25, -0.2) is 9.69 Å². The van der Waals surface area contributed by atoms with Crippen LogP contribution < -0.4 is 4.90 Å². The molecule has 2 rings (SSSR count). The second kappa shape index (κ2) is 5.25. The van der Waals surface area contributed by atoms with Gasteiger partial charge in [-0.1, -0.05) is 32.1 Å². The van der Waals surface area contributed by atoms with Crippen molar-refractivity contribution in [2.24, 2.45) is 0 Å². The highest BCUT2D eigenvalue weighted by atomic mass is 32.1. The largest absolute Gasteiger partial charge is 0.439 e. The Morgan fingerprint density at radius 3 is 2.43 bits per heavy atom. The Bertz CT molecular complexity index is 566. The number of rotatable bonds is 2. The van der Waals surface area contributed by atoms with Crippen LogP contribution in [-0.2, 0) is 14.9 Å². The van der Waals surface area contributed by atoms with Gasteiger partial charge in [0, 0.05) is 19.4 Å². The van der Waals surface area contributed by atoms with Crippen molar-refractivity contribution in [2.75, 3.05) is 11.9 Å². The number of nitrogens with zero attached hydrogens (tertiary/aromatic N) is 4. The first-order valence-electron chi connectivity index (χ1n) is 6.70. The van der Waals surface area contributed by atoms with Crippen LogP contribution in [-0.4, -0.2) is 46.4 Å². The SMILES string of the molecule is CC(=O)OC1C(C)N(C)C(=O)N1c1nnc(C(C)(C)C)s1. The van der Waals surface area contributed by atoms with Gasteiger partial charge >= 0.3 is 12.0 Å². The highest BCUT2D eigenvalue weighted by Crippen LogP contribution is 2.34. The van der Waals surface area contributed by atoms with Gasteiger partial charge in [0.1, 0.15) is 5.01 Å². The van der Waals surface area contributed by atoms with Crippen molar-refractivity contribution < 1.29 is 14.3 Å². The van der Waals surface area contributed by atoms with Gasteiger partial charge in [-0.05, 0) is 6.92 Å². The number of amides is 2. The van der Waals surface area contributed by atoms with Crippen molar-refractivity contribution in [1.29, 1.82) is 0 Å². The molecule has 0 radical (unpaired) electrons. The van der Waals surface area contributed by atoms with Gasteiger partial charge in [0.2, 0.25) is 11.4 Å². The van der Waals surface area contributed by atoms with Crippen molar-refractivity contribution in [3.05, 3.63) is 5.01 Å². The molecule has 1 fully saturated rings. The summed E-state index contributed by atoms with van der Waals surface area (Å²) in [7, 11) is 1.68. The highest BCUT2D eigenvalue weighted by molar-refractivity contribution is 7.15. The van der Waals surface area contributed by atoms with Crippen LogP contribution in [0.4, 0.5) is 9.93 Å². The summed E-state index contributed by atoms with van der Waals surface area (Å²) in [5.41, 5.74) is -0.146. The lowest BCUT2D eigenvalue weighted by Crippen LogP contribution is -2.39. The maximum absolute atomic E-state index is 12.4. The Morgan fingerprint density at radius 1 is 1.33 bits per heavy atom. The number of urea groups is 1. The van der Waals surface area contributed by atoms with E-state index >= 15 is 0 Å². The third-order valence-electron chi connectivity index (χ3n) is 3.33. The standard InChI is InChI=1S/C13H20N4O3S/c1-7-9(20-8(2)18)17(12(19)16(7)6)11-15-14-10(21-11)13(3,4)5/h7,9H,1-6H3. The lowest BCUT2D eigenvalue weighted by Gasteiger charge is -2.22. The van der Waals surface area contributed by atoms with Gasteiger partial charge < -0.3 is 9.64 Å². The quantitative estimate of drug-likeness (QED) is 0.781. The van der Waals surface area contributed by atoms with E-state index in [4.69, 9.17) is 4.74 Å². The molecule has 0 spiro atoms. The Balaban J connectivity index is 2.37. The topological polar surface area (TPSA) is 75.6 Å². The average Bonchev–Trinajstić information content (AvgIpc) is 2.90. The molecule has 2 heterocycles. The molecule has 1 saturated heterocycles. The van der Waals surface area contributed by atoms with Crippen molar-refractivity contribution in [2.45, 2.75) is 52.3 Å². The molecule has 8 heteroatoms. The molecule has 2 atom stereocenters. The molecule has 2 unspecified atom stereocenters. The van der Waals surface area contributed by atoms with E-state index < -0.39 is 12.2 Å². The van der Waals surface area contributed by atoms with Crippen LogP contribution in [0, 0.1) is 0 Å². The maximum Gasteiger partial charge on any atom is 0.329 e. The van der Waals surface area contributed by atoms with Crippen LogP contribution in [0.1, 0.15) is 39.6 Å². The lowest BCUT2D eigenvalue weighted by molar-refractivity contribution is -0.146. The molecule has 0 bridgehead atoms. The summed E-state index contributed by atoms with van der Waals surface area (Å²) in [5.74, 6) is -0.430. The minimum atomic E-state index is -0.680. The summed E-state index contributed by atoms with van der Waals surface area (Å²) in [6.45, 7) is 9.25. The molecule has 116 valence electrons. The Hall–Kier alpha value is -1.70. The van der Waals surface area contributed by atoms with Crippen molar-refractivity contribution in [3.63, 3.8) is 0 Å². The van der Waals surface area contributed by atoms with Crippen LogP contribution in [0.15, 0.2) is 0 Å². The predicted molar refractivity (Wildman–Crippen MR) is 79.3 cm³/mol. The lowest BCUT2D eigenvalue weighted by atomic mass is 9.98. The summed E-state index contributed by atoms with van der Waals surface area (Å²) < 4.78 is 5.29. The fourth-order valence-corrected chi connectivity index (χ4v) is 2.91. The van der Waals surface area contributed by atoms with Crippen LogP contribution in [0.2, 0.25) is 0 Å². The molecule has 1 aliphatic heterocycles. The van der Waals surface area contributed by atoms with E-state index in [2.05, 4.69) is 10.2 Å². The van der Waals surface area contributed by atoms with Gasteiger partial charge in [-0.2, -0.15) is 0 Å². The summed E-state index contributed by atoms with van der Waals surface area (Å²) >= 11 is 1.34. The first-order chi connectivity index (χ1) is 9.62. The smallest absolute Gasteiger partial charge is 0.329 e. The molecule has 0 aliphatic carbocycles. The summed E-state index contributed by atoms with van der Waals surface area (Å²) in [4.78, 5) is 26.6. The van der Waals surface area contributed by atoms with E-state index in [1.807, 2.05) is 27.7 Å². The molecule has 21 heavy (non-hydrogen) atoms. The molecule has 7 nitrogen and oxygen atoms in total. The first-order valence-corrected chi connectivity index (χ1v) is 7.52. The molecule has 2 amide bonds. The van der Waals surface area contributed by atoms with Crippen molar-refractivity contribution in [1.82, 2.24) is 15.1 Å². The van der Waals surface area contributed by atoms with E-state index in [1.54, 1.807) is 7.05 Å². The molecule has 0 N–H and O–H groups in total. The predicted octanol–water partition coefficient (Wildman–Crippen LogP) is 1.99. The molecule has 0 aromatic carbocycles. The number of likely N-dealkylation sites (N-methyl/N-ethyl adjacent to an activating group) is 1. The van der Waals surface area contributed by atoms with E-state index in [1.165, 1.54) is 28.1 Å². The molecule has 1 aliphatic rings. The Kier molecular flexibility index (Phi) is 3.92.